The number of benzene rings is 1. The number of carboxylic acid groups (broad SMARTS) is 1. The zero-order valence-corrected chi connectivity index (χ0v) is 13.8. The summed E-state index contributed by atoms with van der Waals surface area (Å²) in [4.78, 5) is 36.6. The monoisotopic (exact) mass is 348 g/mol. The van der Waals surface area contributed by atoms with Crippen LogP contribution in [0.4, 0.5) is 5.69 Å². The van der Waals surface area contributed by atoms with E-state index < -0.39 is 23.4 Å². The number of thioether (sulfide) groups is 1. The highest BCUT2D eigenvalue weighted by Gasteiger charge is 2.57. The lowest BCUT2D eigenvalue weighted by Gasteiger charge is -2.43. The lowest BCUT2D eigenvalue weighted by molar-refractivity contribution is -0.156. The summed E-state index contributed by atoms with van der Waals surface area (Å²) in [7, 11) is 0. The SMILES string of the molecule is CC(=O)Nc1ccc(C2=C(C(=O)O)N3C(=O)[C@H]([C@@H](C)O)[C@H]3S2)cc1. The Morgan fingerprint density at radius 1 is 1.29 bits per heavy atom. The summed E-state index contributed by atoms with van der Waals surface area (Å²) in [5.74, 6) is -2.34. The first-order valence-electron chi connectivity index (χ1n) is 7.34. The molecule has 0 aliphatic carbocycles. The Labute approximate surface area is 142 Å². The Kier molecular flexibility index (Phi) is 4.10. The number of amides is 2. The van der Waals surface area contributed by atoms with Gasteiger partial charge in [-0.2, -0.15) is 0 Å². The smallest absolute Gasteiger partial charge is 0.353 e. The van der Waals surface area contributed by atoms with Crippen molar-refractivity contribution in [2.45, 2.75) is 25.3 Å². The Hall–Kier alpha value is -2.32. The quantitative estimate of drug-likeness (QED) is 0.708. The van der Waals surface area contributed by atoms with E-state index in [0.29, 0.717) is 16.2 Å². The van der Waals surface area contributed by atoms with E-state index in [9.17, 15) is 24.6 Å². The van der Waals surface area contributed by atoms with Gasteiger partial charge in [0.2, 0.25) is 11.8 Å². The minimum Gasteiger partial charge on any atom is -0.477 e. The van der Waals surface area contributed by atoms with Crippen molar-refractivity contribution >= 4 is 40.1 Å². The average molecular weight is 348 g/mol. The summed E-state index contributed by atoms with van der Waals surface area (Å²) in [6.45, 7) is 2.93. The van der Waals surface area contributed by atoms with Gasteiger partial charge in [0.1, 0.15) is 11.1 Å². The summed E-state index contributed by atoms with van der Waals surface area (Å²) >= 11 is 1.27. The molecule has 2 amide bonds. The molecule has 2 heterocycles. The number of rotatable bonds is 4. The van der Waals surface area contributed by atoms with E-state index >= 15 is 0 Å². The molecule has 2 aliphatic rings. The maximum Gasteiger partial charge on any atom is 0.353 e. The number of hydrogen-bond donors (Lipinski definition) is 3. The molecule has 8 heteroatoms. The number of aliphatic hydroxyl groups is 1. The molecule has 1 aromatic carbocycles. The molecular formula is C16H16N2O5S. The Balaban J connectivity index is 1.93. The van der Waals surface area contributed by atoms with E-state index in [2.05, 4.69) is 5.32 Å². The summed E-state index contributed by atoms with van der Waals surface area (Å²) in [5.41, 5.74) is 1.20. The van der Waals surface area contributed by atoms with Gasteiger partial charge in [-0.05, 0) is 24.6 Å². The first-order valence-corrected chi connectivity index (χ1v) is 8.22. The van der Waals surface area contributed by atoms with Gasteiger partial charge >= 0.3 is 5.97 Å². The van der Waals surface area contributed by atoms with Crippen molar-refractivity contribution in [3.05, 3.63) is 35.5 Å². The highest BCUT2D eigenvalue weighted by atomic mass is 32.2. The van der Waals surface area contributed by atoms with Crippen molar-refractivity contribution < 1.29 is 24.6 Å². The van der Waals surface area contributed by atoms with Gasteiger partial charge in [-0.25, -0.2) is 4.79 Å². The molecule has 1 saturated heterocycles. The van der Waals surface area contributed by atoms with Gasteiger partial charge in [-0.15, -0.1) is 0 Å². The van der Waals surface area contributed by atoms with E-state index in [1.54, 1.807) is 24.3 Å². The molecule has 1 aromatic rings. The summed E-state index contributed by atoms with van der Waals surface area (Å²) in [6.07, 6.45) is -0.831. The first-order chi connectivity index (χ1) is 11.3. The number of aliphatic hydroxyl groups excluding tert-OH is 1. The minimum absolute atomic E-state index is 0.0563. The normalized spacial score (nSPS) is 23.6. The van der Waals surface area contributed by atoms with Crippen molar-refractivity contribution in [2.75, 3.05) is 5.32 Å². The van der Waals surface area contributed by atoms with E-state index in [1.165, 1.54) is 30.5 Å². The Morgan fingerprint density at radius 2 is 1.92 bits per heavy atom. The number of β-lactam (4-membered cyclic amide) rings is 1. The molecule has 0 spiro atoms. The van der Waals surface area contributed by atoms with Gasteiger partial charge in [-0.3, -0.25) is 14.5 Å². The highest BCUT2D eigenvalue weighted by Crippen LogP contribution is 2.53. The molecule has 3 rings (SSSR count). The van der Waals surface area contributed by atoms with Gasteiger partial charge in [0, 0.05) is 17.5 Å². The first kappa shape index (κ1) is 16.5. The van der Waals surface area contributed by atoms with Crippen LogP contribution in [-0.4, -0.2) is 44.4 Å². The second kappa shape index (κ2) is 5.95. The molecule has 1 fully saturated rings. The fourth-order valence-electron chi connectivity index (χ4n) is 2.89. The third-order valence-corrected chi connectivity index (χ3v) is 5.38. The van der Waals surface area contributed by atoms with Gasteiger partial charge in [-0.1, -0.05) is 23.9 Å². The molecule has 126 valence electrons. The number of carbonyl (C=O) groups excluding carboxylic acids is 2. The van der Waals surface area contributed by atoms with Crippen molar-refractivity contribution in [1.82, 2.24) is 4.90 Å². The second-order valence-electron chi connectivity index (χ2n) is 5.72. The van der Waals surface area contributed by atoms with Crippen molar-refractivity contribution in [3.63, 3.8) is 0 Å². The number of fused-ring (bicyclic) bond motifs is 1. The molecule has 3 atom stereocenters. The van der Waals surface area contributed by atoms with Crippen molar-refractivity contribution in [3.8, 4) is 0 Å². The number of hydrogen-bond acceptors (Lipinski definition) is 5. The largest absolute Gasteiger partial charge is 0.477 e. The van der Waals surface area contributed by atoms with Crippen LogP contribution in [0.25, 0.3) is 4.91 Å². The third-order valence-electron chi connectivity index (χ3n) is 3.97. The number of carboxylic acids is 1. The maximum absolute atomic E-state index is 12.2. The van der Waals surface area contributed by atoms with Gasteiger partial charge in [0.25, 0.3) is 0 Å². The van der Waals surface area contributed by atoms with Crippen LogP contribution in [0.1, 0.15) is 19.4 Å². The maximum atomic E-state index is 12.2. The molecule has 3 N–H and O–H groups in total. The van der Waals surface area contributed by atoms with E-state index in [4.69, 9.17) is 0 Å². The lowest BCUT2D eigenvalue weighted by Crippen LogP contribution is -2.60. The molecule has 0 aromatic heterocycles. The number of nitrogens with one attached hydrogen (secondary N) is 1. The van der Waals surface area contributed by atoms with E-state index in [-0.39, 0.29) is 17.5 Å². The molecule has 7 nitrogen and oxygen atoms in total. The molecule has 0 radical (unpaired) electrons. The van der Waals surface area contributed by atoms with Crippen LogP contribution in [0.15, 0.2) is 30.0 Å². The second-order valence-corrected chi connectivity index (χ2v) is 6.85. The van der Waals surface area contributed by atoms with Gasteiger partial charge in [0.15, 0.2) is 0 Å². The standard InChI is InChI=1S/C16H16N2O5S/c1-7(19)11-14(21)18-12(16(22)23)13(24-15(11)18)9-3-5-10(6-4-9)17-8(2)20/h3-7,11,15,19H,1-2H3,(H,17,20)(H,22,23)/t7-,11+,15-/m1/s1. The lowest BCUT2D eigenvalue weighted by atomic mass is 9.92. The molecule has 24 heavy (non-hydrogen) atoms. The van der Waals surface area contributed by atoms with Crippen molar-refractivity contribution in [1.29, 1.82) is 0 Å². The van der Waals surface area contributed by atoms with Crippen molar-refractivity contribution in [2.24, 2.45) is 5.92 Å². The average Bonchev–Trinajstić information content (AvgIpc) is 2.82. The highest BCUT2D eigenvalue weighted by molar-refractivity contribution is 8.09. The van der Waals surface area contributed by atoms with Crippen LogP contribution in [0.5, 0.6) is 0 Å². The predicted octanol–water partition coefficient (Wildman–Crippen LogP) is 1.31. The molecular weight excluding hydrogens is 332 g/mol. The molecule has 0 saturated carbocycles. The van der Waals surface area contributed by atoms with E-state index in [0.717, 1.165) is 0 Å². The molecule has 0 bridgehead atoms. The molecule has 0 unspecified atom stereocenters. The van der Waals surface area contributed by atoms with Gasteiger partial charge < -0.3 is 15.5 Å². The number of nitrogens with zero attached hydrogens (tertiary/aromatic N) is 1. The number of carbonyl (C=O) groups is 3. The zero-order valence-electron chi connectivity index (χ0n) is 13.0. The summed E-state index contributed by atoms with van der Waals surface area (Å²) in [5, 5.41) is 21.5. The summed E-state index contributed by atoms with van der Waals surface area (Å²) < 4.78 is 0. The number of anilines is 1. The van der Waals surface area contributed by atoms with Gasteiger partial charge in [0.05, 0.1) is 12.0 Å². The number of aliphatic carboxylic acids is 1. The van der Waals surface area contributed by atoms with Crippen LogP contribution in [0.2, 0.25) is 0 Å². The van der Waals surface area contributed by atoms with E-state index in [1.807, 2.05) is 0 Å². The zero-order chi connectivity index (χ0) is 17.6. The van der Waals surface area contributed by atoms with Crippen LogP contribution >= 0.6 is 11.8 Å². The fourth-order valence-corrected chi connectivity index (χ4v) is 4.51. The predicted molar refractivity (Wildman–Crippen MR) is 88.7 cm³/mol. The molecule has 2 aliphatic heterocycles. The summed E-state index contributed by atoms with van der Waals surface area (Å²) in [6, 6.07) is 6.75. The van der Waals surface area contributed by atoms with Crippen LogP contribution in [-0.2, 0) is 14.4 Å². The topological polar surface area (TPSA) is 107 Å². The Morgan fingerprint density at radius 3 is 2.42 bits per heavy atom. The van der Waals surface area contributed by atoms with Crippen LogP contribution in [0, 0.1) is 5.92 Å². The Bertz CT molecular complexity index is 756. The van der Waals surface area contributed by atoms with Crippen LogP contribution in [0.3, 0.4) is 0 Å². The fraction of sp³-hybridized carbons (Fsp3) is 0.312. The van der Waals surface area contributed by atoms with Crippen LogP contribution < -0.4 is 5.32 Å². The minimum atomic E-state index is -1.18. The third kappa shape index (κ3) is 2.57.